The maximum absolute atomic E-state index is 7.27. The summed E-state index contributed by atoms with van der Waals surface area (Å²) in [4.78, 5) is 2.06. The van der Waals surface area contributed by atoms with Crippen LogP contribution in [0.25, 0.3) is 10.4 Å². The lowest BCUT2D eigenvalue weighted by atomic mass is 12.6. The number of nitrogens with zero attached hydrogens (tertiary/aromatic N) is 5. The number of azide groups is 1. The second kappa shape index (κ2) is 2.91. The van der Waals surface area contributed by atoms with Gasteiger partial charge in [-0.15, -0.1) is 5.53 Å². The number of hydrogen-bond acceptors (Lipinski definition) is 0. The minimum Gasteiger partial charge on any atom is -0.163 e. The molecule has 0 N–H and O–H groups in total. The first-order chi connectivity index (χ1) is 2.41. The average Bonchev–Trinajstić information content (AvgIpc) is 1.41. The molecule has 0 spiro atoms. The monoisotopic (exact) mass is 70.0 g/mol. The average molecular weight is 70.0 g/mol. The molecule has 0 heterocycles. The van der Waals surface area contributed by atoms with Gasteiger partial charge in [0.15, 0.2) is 0 Å². The zero-order valence-corrected chi connectivity index (χ0v) is 2.24. The summed E-state index contributed by atoms with van der Waals surface area (Å²) in [6.45, 7) is 0. The van der Waals surface area contributed by atoms with Crippen molar-refractivity contribution in [1.82, 2.24) is 5.53 Å². The largest absolute Gasteiger partial charge is 0.163 e. The van der Waals surface area contributed by atoms with Gasteiger partial charge in [-0.25, -0.2) is 0 Å². The summed E-state index contributed by atoms with van der Waals surface area (Å²) >= 11 is 0. The van der Waals surface area contributed by atoms with Crippen LogP contribution >= 0.6 is 0 Å². The van der Waals surface area contributed by atoms with E-state index in [9.17, 15) is 0 Å². The Kier molecular flexibility index (Phi) is 2.28. The van der Waals surface area contributed by atoms with Crippen LogP contribution in [-0.2, 0) is 0 Å². The van der Waals surface area contributed by atoms with Crippen molar-refractivity contribution in [3.05, 3.63) is 10.4 Å². The van der Waals surface area contributed by atoms with E-state index < -0.39 is 0 Å². The van der Waals surface area contributed by atoms with Crippen LogP contribution in [0, 0.1) is 0 Å². The molecule has 1 radical (unpaired) electrons. The molecule has 0 amide bonds. The molecule has 0 saturated heterocycles. The third-order valence-electron chi connectivity index (χ3n) is 0.0800. The van der Waals surface area contributed by atoms with Gasteiger partial charge in [0.05, 0.1) is 5.22 Å². The topological polar surface area (TPSA) is 83.4 Å². The van der Waals surface area contributed by atoms with E-state index in [0.717, 1.165) is 0 Å². The lowest BCUT2D eigenvalue weighted by Crippen LogP contribution is -1.31. The molecule has 0 aliphatic rings. The lowest BCUT2D eigenvalue weighted by Gasteiger charge is -1.39. The molecule has 0 bridgehead atoms. The molecule has 0 aliphatic carbocycles. The van der Waals surface area contributed by atoms with Gasteiger partial charge in [-0.3, -0.25) is 0 Å². The van der Waals surface area contributed by atoms with Gasteiger partial charge in [0.1, 0.15) is 10.8 Å². The summed E-state index contributed by atoms with van der Waals surface area (Å²) in [5.74, 6) is 0. The number of rotatable bonds is 1. The molecule has 0 saturated carbocycles. The first-order valence-electron chi connectivity index (χ1n) is 0.800. The van der Waals surface area contributed by atoms with E-state index in [0.29, 0.717) is 0 Å². The maximum Gasteiger partial charge on any atom is 0.126 e. The van der Waals surface area contributed by atoms with Crippen LogP contribution < -0.4 is 5.53 Å². The third kappa shape index (κ3) is 2.91. The highest BCUT2D eigenvalue weighted by molar-refractivity contribution is 4.29. The Morgan fingerprint density at radius 1 is 1.80 bits per heavy atom. The minimum atomic E-state index is 2.06. The van der Waals surface area contributed by atoms with Gasteiger partial charge in [-0.2, -0.15) is 4.91 Å². The molecule has 0 aromatic rings. The maximum atomic E-state index is 7.27. The first kappa shape index (κ1) is 3.91. The Labute approximate surface area is 27.7 Å². The van der Waals surface area contributed by atoms with Gasteiger partial charge in [0.25, 0.3) is 0 Å². The fraction of sp³-hybridized carbons (Fsp3) is 0. The third-order valence-corrected chi connectivity index (χ3v) is 0.0800. The highest BCUT2D eigenvalue weighted by Gasteiger charge is 1.47. The van der Waals surface area contributed by atoms with Crippen molar-refractivity contribution >= 4 is 0 Å². The standard InChI is InChI=1S/N5/c1-3-5-4-2. The Balaban J connectivity index is 3.31. The van der Waals surface area contributed by atoms with Crippen LogP contribution in [0.15, 0.2) is 10.4 Å². The lowest BCUT2D eigenvalue weighted by molar-refractivity contribution is 1.07. The highest BCUT2D eigenvalue weighted by Crippen LogP contribution is 1.59. The predicted molar refractivity (Wildman–Crippen MR) is 13.7 cm³/mol. The molecule has 5 heavy (non-hydrogen) atoms. The van der Waals surface area contributed by atoms with Crippen LogP contribution in [0.5, 0.6) is 0 Å². The van der Waals surface area contributed by atoms with E-state index in [-0.39, 0.29) is 0 Å². The van der Waals surface area contributed by atoms with Crippen molar-refractivity contribution in [3.63, 3.8) is 0 Å². The van der Waals surface area contributed by atoms with E-state index in [1.807, 2.05) is 0 Å². The molecule has 25 valence electrons. The van der Waals surface area contributed by atoms with Gasteiger partial charge >= 0.3 is 0 Å². The van der Waals surface area contributed by atoms with Gasteiger partial charge < -0.3 is 0 Å². The van der Waals surface area contributed by atoms with Gasteiger partial charge in [0, 0.05) is 0 Å². The normalized spacial score (nSPS) is 4.80. The van der Waals surface area contributed by atoms with Gasteiger partial charge in [0.2, 0.25) is 0 Å². The molecule has 0 fully saturated rings. The zero-order chi connectivity index (χ0) is 4.12. The fourth-order valence-electron chi connectivity index (χ4n) is 0.0179. The summed E-state index contributed by atoms with van der Waals surface area (Å²) < 4.78 is 0. The van der Waals surface area contributed by atoms with Crippen molar-refractivity contribution in [2.75, 3.05) is 0 Å². The quantitative estimate of drug-likeness (QED) is 0.186. The van der Waals surface area contributed by atoms with Crippen LogP contribution in [0.1, 0.15) is 0 Å². The molecule has 5 nitrogen and oxygen atoms in total. The Hall–Kier alpha value is -1.09. The van der Waals surface area contributed by atoms with Crippen molar-refractivity contribution in [2.45, 2.75) is 0 Å². The molecule has 0 aromatic heterocycles. The zero-order valence-electron chi connectivity index (χ0n) is 2.24. The van der Waals surface area contributed by atoms with E-state index in [1.165, 1.54) is 0 Å². The molecule has 0 atom stereocenters. The predicted octanol–water partition coefficient (Wildman–Crippen LogP) is 0.464. The van der Waals surface area contributed by atoms with Crippen molar-refractivity contribution in [2.24, 2.45) is 10.4 Å². The number of hydrogen-bond donors (Lipinski definition) is 0. The summed E-state index contributed by atoms with van der Waals surface area (Å²) in [6.07, 6.45) is 0. The van der Waals surface area contributed by atoms with Crippen molar-refractivity contribution < 1.29 is 0 Å². The van der Waals surface area contributed by atoms with Crippen LogP contribution in [0.3, 0.4) is 0 Å². The first-order valence-corrected chi connectivity index (χ1v) is 0.800. The van der Waals surface area contributed by atoms with Crippen LogP contribution in [0.4, 0.5) is 0 Å². The van der Waals surface area contributed by atoms with E-state index in [4.69, 9.17) is 11.1 Å². The van der Waals surface area contributed by atoms with E-state index >= 15 is 0 Å². The second-order valence-electron chi connectivity index (χ2n) is 0.268. The van der Waals surface area contributed by atoms with Gasteiger partial charge in [-0.05, 0) is 0 Å². The minimum absolute atomic E-state index is 2.06. The van der Waals surface area contributed by atoms with Crippen molar-refractivity contribution in [1.29, 1.82) is 0 Å². The molecule has 5 heteroatoms. The Bertz CT molecular complexity index is 64.1. The molecule has 0 rings (SSSR count). The Morgan fingerprint density at radius 3 is 2.40 bits per heavy atom. The molecule has 0 aliphatic heterocycles. The van der Waals surface area contributed by atoms with Gasteiger partial charge in [-0.1, -0.05) is 0 Å². The van der Waals surface area contributed by atoms with E-state index in [1.54, 1.807) is 0 Å². The highest BCUT2D eigenvalue weighted by atomic mass is 15.4. The SMILES string of the molecule is [N]=NN=[N+]=[N-]. The van der Waals surface area contributed by atoms with Crippen LogP contribution in [0.2, 0.25) is 0 Å². The summed E-state index contributed by atoms with van der Waals surface area (Å²) in [6, 6.07) is 0. The summed E-state index contributed by atoms with van der Waals surface area (Å²) in [5.41, 5.74) is 14.5. The molecule has 0 unspecified atom stereocenters. The second-order valence-corrected chi connectivity index (χ2v) is 0.268. The smallest absolute Gasteiger partial charge is 0.126 e. The molecular weight excluding hydrogens is 70.0 g/mol. The van der Waals surface area contributed by atoms with E-state index in [2.05, 4.69) is 15.4 Å². The summed E-state index contributed by atoms with van der Waals surface area (Å²) in [7, 11) is 0. The molecular formula is N5. The Morgan fingerprint density at radius 2 is 2.40 bits per heavy atom. The van der Waals surface area contributed by atoms with Crippen molar-refractivity contribution in [3.8, 4) is 0 Å². The fourth-order valence-corrected chi connectivity index (χ4v) is 0.0179. The molecule has 0 aromatic carbocycles. The van der Waals surface area contributed by atoms with Crippen LogP contribution in [-0.4, -0.2) is 0 Å². The summed E-state index contributed by atoms with van der Waals surface area (Å²) in [5, 5.41) is 4.40.